The zero-order chi connectivity index (χ0) is 22.2. The van der Waals surface area contributed by atoms with E-state index in [4.69, 9.17) is 0 Å². The molecule has 0 bridgehead atoms. The van der Waals surface area contributed by atoms with Crippen LogP contribution in [0.2, 0.25) is 0 Å². The molecule has 4 rings (SSSR count). The first kappa shape index (κ1) is 21.1. The summed E-state index contributed by atoms with van der Waals surface area (Å²) in [4.78, 5) is 25.2. The molecule has 2 amide bonds. The van der Waals surface area contributed by atoms with Crippen LogP contribution in [0.5, 0.6) is 0 Å². The number of para-hydroxylation sites is 1. The minimum Gasteiger partial charge on any atom is -0.352 e. The van der Waals surface area contributed by atoms with Gasteiger partial charge in [0.1, 0.15) is 0 Å². The number of anilines is 1. The Balaban J connectivity index is 1.41. The first-order valence-electron chi connectivity index (χ1n) is 10.6. The summed E-state index contributed by atoms with van der Waals surface area (Å²) >= 11 is 0. The summed E-state index contributed by atoms with van der Waals surface area (Å²) in [5.41, 5.74) is 3.04. The number of hydrogen-bond acceptors (Lipinski definition) is 2. The van der Waals surface area contributed by atoms with E-state index in [0.717, 1.165) is 28.3 Å². The van der Waals surface area contributed by atoms with Crippen molar-refractivity contribution in [1.82, 2.24) is 5.32 Å². The maximum absolute atomic E-state index is 12.7. The number of nitrogens with one attached hydrogen (secondary N) is 2. The molecule has 0 aliphatic carbocycles. The Morgan fingerprint density at radius 2 is 1.47 bits per heavy atom. The lowest BCUT2D eigenvalue weighted by Crippen LogP contribution is -2.27. The third-order valence-corrected chi connectivity index (χ3v) is 5.21. The van der Waals surface area contributed by atoms with E-state index in [1.54, 1.807) is 30.3 Å². The number of rotatable bonds is 7. The zero-order valence-corrected chi connectivity index (χ0v) is 17.6. The van der Waals surface area contributed by atoms with Gasteiger partial charge in [0.2, 0.25) is 5.91 Å². The highest BCUT2D eigenvalue weighted by Crippen LogP contribution is 2.20. The predicted octanol–water partition coefficient (Wildman–Crippen LogP) is 5.46. The SMILES string of the molecule is O=C(/C=C/c1cccc2ccccc12)Nc1ccccc1C(=O)NCCc1ccccc1. The number of carbonyl (C=O) groups excluding carboxylic acids is 2. The van der Waals surface area contributed by atoms with Crippen LogP contribution in [-0.4, -0.2) is 18.4 Å². The summed E-state index contributed by atoms with van der Waals surface area (Å²) in [5.74, 6) is -0.502. The van der Waals surface area contributed by atoms with Gasteiger partial charge < -0.3 is 10.6 Å². The van der Waals surface area contributed by atoms with Crippen molar-refractivity contribution in [2.75, 3.05) is 11.9 Å². The van der Waals surface area contributed by atoms with Gasteiger partial charge in [0.15, 0.2) is 0 Å². The summed E-state index contributed by atoms with van der Waals surface area (Å²) in [7, 11) is 0. The summed E-state index contributed by atoms with van der Waals surface area (Å²) in [6, 6.07) is 31.0. The molecule has 4 heteroatoms. The molecular weight excluding hydrogens is 396 g/mol. The van der Waals surface area contributed by atoms with Crippen LogP contribution in [0.4, 0.5) is 5.69 Å². The van der Waals surface area contributed by atoms with Crippen molar-refractivity contribution in [2.24, 2.45) is 0 Å². The molecule has 0 unspecified atom stereocenters. The van der Waals surface area contributed by atoms with Gasteiger partial charge in [-0.15, -0.1) is 0 Å². The lowest BCUT2D eigenvalue weighted by Gasteiger charge is -2.10. The summed E-state index contributed by atoms with van der Waals surface area (Å²) in [6.45, 7) is 0.520. The molecule has 0 aromatic heterocycles. The molecule has 0 radical (unpaired) electrons. The number of hydrogen-bond donors (Lipinski definition) is 2. The van der Waals surface area contributed by atoms with Gasteiger partial charge >= 0.3 is 0 Å². The highest BCUT2D eigenvalue weighted by atomic mass is 16.2. The third-order valence-electron chi connectivity index (χ3n) is 5.21. The summed E-state index contributed by atoms with van der Waals surface area (Å²) in [6.07, 6.45) is 4.03. The maximum atomic E-state index is 12.7. The van der Waals surface area contributed by atoms with E-state index in [-0.39, 0.29) is 11.8 Å². The molecule has 4 aromatic carbocycles. The fourth-order valence-electron chi connectivity index (χ4n) is 3.59. The number of amides is 2. The zero-order valence-electron chi connectivity index (χ0n) is 17.6. The molecule has 0 fully saturated rings. The second kappa shape index (κ2) is 10.2. The molecule has 4 nitrogen and oxygen atoms in total. The Morgan fingerprint density at radius 3 is 2.34 bits per heavy atom. The minimum atomic E-state index is -0.289. The van der Waals surface area contributed by atoms with E-state index in [1.165, 1.54) is 6.08 Å². The molecular formula is C28H24N2O2. The lowest BCUT2D eigenvalue weighted by molar-refractivity contribution is -0.111. The number of fused-ring (bicyclic) bond motifs is 1. The van der Waals surface area contributed by atoms with Crippen molar-refractivity contribution in [2.45, 2.75) is 6.42 Å². The first-order chi connectivity index (χ1) is 15.7. The van der Waals surface area contributed by atoms with E-state index in [0.29, 0.717) is 17.8 Å². The number of benzene rings is 4. The Morgan fingerprint density at radius 1 is 0.750 bits per heavy atom. The average Bonchev–Trinajstić information content (AvgIpc) is 2.83. The molecule has 0 spiro atoms. The maximum Gasteiger partial charge on any atom is 0.253 e. The smallest absolute Gasteiger partial charge is 0.253 e. The van der Waals surface area contributed by atoms with Crippen LogP contribution in [-0.2, 0) is 11.2 Å². The molecule has 0 saturated heterocycles. The van der Waals surface area contributed by atoms with Crippen LogP contribution in [0.15, 0.2) is 103 Å². The van der Waals surface area contributed by atoms with Crippen molar-refractivity contribution in [3.05, 3.63) is 120 Å². The van der Waals surface area contributed by atoms with Gasteiger partial charge in [0.25, 0.3) is 5.91 Å². The Bertz CT molecular complexity index is 1260. The van der Waals surface area contributed by atoms with Gasteiger partial charge in [-0.2, -0.15) is 0 Å². The van der Waals surface area contributed by atoms with Crippen LogP contribution >= 0.6 is 0 Å². The normalized spacial score (nSPS) is 10.9. The van der Waals surface area contributed by atoms with E-state index in [2.05, 4.69) is 10.6 Å². The molecule has 0 saturated carbocycles. The van der Waals surface area contributed by atoms with Gasteiger partial charge in [0.05, 0.1) is 11.3 Å². The fourth-order valence-corrected chi connectivity index (χ4v) is 3.59. The number of carbonyl (C=O) groups is 2. The standard InChI is InChI=1S/C28H24N2O2/c31-27(18-17-23-13-8-12-22-11-4-5-14-24(22)23)30-26-16-7-6-15-25(26)28(32)29-20-19-21-9-2-1-3-10-21/h1-18H,19-20H2,(H,29,32)(H,30,31)/b18-17+. The van der Waals surface area contributed by atoms with Crippen molar-refractivity contribution in [3.63, 3.8) is 0 Å². The van der Waals surface area contributed by atoms with Gasteiger partial charge in [-0.05, 0) is 46.5 Å². The molecule has 0 aliphatic heterocycles. The molecule has 0 aliphatic rings. The molecule has 0 heterocycles. The summed E-state index contributed by atoms with van der Waals surface area (Å²) < 4.78 is 0. The second-order valence-electron chi connectivity index (χ2n) is 7.43. The summed E-state index contributed by atoms with van der Waals surface area (Å²) in [5, 5.41) is 7.96. The van der Waals surface area contributed by atoms with Crippen LogP contribution in [0.1, 0.15) is 21.5 Å². The average molecular weight is 421 g/mol. The van der Waals surface area contributed by atoms with Crippen molar-refractivity contribution in [1.29, 1.82) is 0 Å². The van der Waals surface area contributed by atoms with Gasteiger partial charge in [-0.3, -0.25) is 9.59 Å². The van der Waals surface area contributed by atoms with Crippen LogP contribution < -0.4 is 10.6 Å². The largest absolute Gasteiger partial charge is 0.352 e. The fraction of sp³-hybridized carbons (Fsp3) is 0.0714. The van der Waals surface area contributed by atoms with Gasteiger partial charge in [-0.25, -0.2) is 0 Å². The predicted molar refractivity (Wildman–Crippen MR) is 131 cm³/mol. The molecule has 32 heavy (non-hydrogen) atoms. The highest BCUT2D eigenvalue weighted by molar-refractivity contribution is 6.08. The van der Waals surface area contributed by atoms with E-state index in [1.807, 2.05) is 72.8 Å². The minimum absolute atomic E-state index is 0.213. The molecule has 4 aromatic rings. The second-order valence-corrected chi connectivity index (χ2v) is 7.43. The van der Waals surface area contributed by atoms with Crippen molar-refractivity contribution >= 4 is 34.4 Å². The topological polar surface area (TPSA) is 58.2 Å². The van der Waals surface area contributed by atoms with Crippen molar-refractivity contribution in [3.8, 4) is 0 Å². The van der Waals surface area contributed by atoms with Crippen LogP contribution in [0, 0.1) is 0 Å². The molecule has 2 N–H and O–H groups in total. The van der Waals surface area contributed by atoms with Gasteiger partial charge in [-0.1, -0.05) is 84.9 Å². The Hall–Kier alpha value is -4.18. The molecule has 0 atom stereocenters. The lowest BCUT2D eigenvalue weighted by atomic mass is 10.0. The van der Waals surface area contributed by atoms with E-state index < -0.39 is 0 Å². The Labute approximate surface area is 187 Å². The van der Waals surface area contributed by atoms with E-state index >= 15 is 0 Å². The Kier molecular flexibility index (Phi) is 6.73. The third kappa shape index (κ3) is 5.29. The van der Waals surface area contributed by atoms with Crippen LogP contribution in [0.3, 0.4) is 0 Å². The molecule has 158 valence electrons. The quantitative estimate of drug-likeness (QED) is 0.390. The highest BCUT2D eigenvalue weighted by Gasteiger charge is 2.12. The van der Waals surface area contributed by atoms with Crippen LogP contribution in [0.25, 0.3) is 16.8 Å². The van der Waals surface area contributed by atoms with E-state index in [9.17, 15) is 9.59 Å². The first-order valence-corrected chi connectivity index (χ1v) is 10.6. The monoisotopic (exact) mass is 420 g/mol. The van der Waals surface area contributed by atoms with Gasteiger partial charge in [0, 0.05) is 12.6 Å². The van der Waals surface area contributed by atoms with Crippen molar-refractivity contribution < 1.29 is 9.59 Å².